The average Bonchev–Trinajstić information content (AvgIpc) is 3.22. The molecule has 0 heterocycles. The fraction of sp³-hybridized carbons (Fsp3) is 0.652. The first-order valence-electron chi connectivity index (χ1n) is 10.8. The molecule has 0 aromatic heterocycles. The maximum Gasteiger partial charge on any atom is 0.146 e. The van der Waals surface area contributed by atoms with Crippen LogP contribution in [0.25, 0.3) is 0 Å². The normalized spacial score (nSPS) is 19.7. The third-order valence-electron chi connectivity index (χ3n) is 6.63. The summed E-state index contributed by atoms with van der Waals surface area (Å²) in [6, 6.07) is 0. The van der Waals surface area contributed by atoms with Crippen molar-refractivity contribution in [2.24, 2.45) is 5.41 Å². The van der Waals surface area contributed by atoms with Gasteiger partial charge in [-0.3, -0.25) is 0 Å². The predicted molar refractivity (Wildman–Crippen MR) is 136 cm³/mol. The standard InChI is InChI=1S/C23H38Cl2O4Si2.Zr/c1-13(28-30)22(5,6)26-17-11-9-15(24)19(17)21(3,4)20-16(25)10-12-18(20)27-23(7,8)14(2)29-31;/h11-14H,9-10H2,1-8,30-31H3;. The molecule has 2 aliphatic rings. The summed E-state index contributed by atoms with van der Waals surface area (Å²) in [5, 5.41) is 1.54. The molecule has 2 aliphatic carbocycles. The number of rotatable bonds is 10. The quantitative estimate of drug-likeness (QED) is 0.348. The molecule has 0 N–H and O–H groups in total. The summed E-state index contributed by atoms with van der Waals surface area (Å²) < 4.78 is 24.3. The van der Waals surface area contributed by atoms with E-state index in [9.17, 15) is 0 Å². The van der Waals surface area contributed by atoms with Crippen molar-refractivity contribution in [1.29, 1.82) is 0 Å². The van der Waals surface area contributed by atoms with Gasteiger partial charge in [-0.15, -0.1) is 0 Å². The molecule has 4 nitrogen and oxygen atoms in total. The molecule has 0 spiro atoms. The van der Waals surface area contributed by atoms with Crippen molar-refractivity contribution in [3.05, 3.63) is 44.9 Å². The van der Waals surface area contributed by atoms with Gasteiger partial charge in [-0.05, 0) is 53.7 Å². The first-order chi connectivity index (χ1) is 14.2. The molecule has 2 rings (SSSR count). The fourth-order valence-electron chi connectivity index (χ4n) is 3.95. The maximum absolute atomic E-state index is 6.76. The van der Waals surface area contributed by atoms with E-state index in [1.165, 1.54) is 0 Å². The van der Waals surface area contributed by atoms with Crippen molar-refractivity contribution >= 4 is 44.2 Å². The van der Waals surface area contributed by atoms with Gasteiger partial charge in [0.1, 0.15) is 43.7 Å². The summed E-state index contributed by atoms with van der Waals surface area (Å²) >= 11 is 13.5. The van der Waals surface area contributed by atoms with Crippen molar-refractivity contribution in [3.63, 3.8) is 0 Å². The first kappa shape index (κ1) is 30.4. The van der Waals surface area contributed by atoms with Gasteiger partial charge >= 0.3 is 0 Å². The van der Waals surface area contributed by atoms with Gasteiger partial charge in [0.05, 0.1) is 12.2 Å². The van der Waals surface area contributed by atoms with E-state index in [0.717, 1.165) is 32.7 Å². The van der Waals surface area contributed by atoms with Gasteiger partial charge < -0.3 is 18.3 Å². The Morgan fingerprint density at radius 2 is 1.06 bits per heavy atom. The molecule has 0 aromatic rings. The zero-order valence-electron chi connectivity index (χ0n) is 21.1. The molecule has 0 aliphatic heterocycles. The average molecular weight is 597 g/mol. The molecule has 2 unspecified atom stereocenters. The fourth-order valence-corrected chi connectivity index (χ4v) is 5.89. The van der Waals surface area contributed by atoms with Crippen molar-refractivity contribution < 1.29 is 44.5 Å². The van der Waals surface area contributed by atoms with Crippen LogP contribution in [0.15, 0.2) is 44.9 Å². The summed E-state index contributed by atoms with van der Waals surface area (Å²) in [6.07, 6.45) is 5.33. The minimum absolute atomic E-state index is 0. The predicted octanol–water partition coefficient (Wildman–Crippen LogP) is 4.53. The van der Waals surface area contributed by atoms with Crippen LogP contribution in [0.2, 0.25) is 0 Å². The van der Waals surface area contributed by atoms with E-state index >= 15 is 0 Å². The Balaban J connectivity index is 0.00000512. The van der Waals surface area contributed by atoms with Crippen molar-refractivity contribution in [2.75, 3.05) is 0 Å². The van der Waals surface area contributed by atoms with Gasteiger partial charge in [0.2, 0.25) is 0 Å². The molecule has 0 amide bonds. The van der Waals surface area contributed by atoms with E-state index in [4.69, 9.17) is 41.5 Å². The minimum Gasteiger partial charge on any atom is -0.485 e. The monoisotopic (exact) mass is 594 g/mol. The third-order valence-corrected chi connectivity index (χ3v) is 8.73. The van der Waals surface area contributed by atoms with Crippen LogP contribution in [-0.2, 0) is 44.5 Å². The van der Waals surface area contributed by atoms with Crippen LogP contribution < -0.4 is 0 Å². The zero-order valence-corrected chi connectivity index (χ0v) is 29.1. The number of ether oxygens (including phenoxy) is 2. The first-order valence-corrected chi connectivity index (χ1v) is 13.2. The summed E-state index contributed by atoms with van der Waals surface area (Å²) in [5.41, 5.74) is 0.439. The van der Waals surface area contributed by atoms with Gasteiger partial charge in [0.15, 0.2) is 0 Å². The summed E-state index contributed by atoms with van der Waals surface area (Å²) in [5.74, 6) is 1.59. The Kier molecular flexibility index (Phi) is 10.8. The number of allylic oxidation sites excluding steroid dienone is 6. The van der Waals surface area contributed by atoms with E-state index < -0.39 is 16.6 Å². The molecular formula is C23H38Cl2O4Si2Zr. The van der Waals surface area contributed by atoms with Crippen LogP contribution >= 0.6 is 23.2 Å². The van der Waals surface area contributed by atoms with Crippen LogP contribution in [0, 0.1) is 5.41 Å². The van der Waals surface area contributed by atoms with Gasteiger partial charge in [-0.1, -0.05) is 37.0 Å². The van der Waals surface area contributed by atoms with Gasteiger partial charge in [0, 0.05) is 65.7 Å². The van der Waals surface area contributed by atoms with Crippen LogP contribution in [0.4, 0.5) is 0 Å². The number of hydrogen-bond acceptors (Lipinski definition) is 4. The Bertz CT molecular complexity index is 766. The van der Waals surface area contributed by atoms with E-state index in [1.807, 2.05) is 41.5 Å². The van der Waals surface area contributed by atoms with E-state index in [1.54, 1.807) is 0 Å². The molecule has 32 heavy (non-hydrogen) atoms. The minimum atomic E-state index is -0.499. The molecule has 0 aromatic carbocycles. The van der Waals surface area contributed by atoms with Crippen LogP contribution in [0.5, 0.6) is 0 Å². The van der Waals surface area contributed by atoms with Crippen LogP contribution in [-0.4, -0.2) is 44.4 Å². The van der Waals surface area contributed by atoms with Crippen LogP contribution in [0.3, 0.4) is 0 Å². The molecule has 0 radical (unpaired) electrons. The van der Waals surface area contributed by atoms with Crippen molar-refractivity contribution in [3.8, 4) is 0 Å². The summed E-state index contributed by atoms with van der Waals surface area (Å²) in [7, 11) is 1.31. The van der Waals surface area contributed by atoms with E-state index in [-0.39, 0.29) is 38.4 Å². The molecule has 9 heteroatoms. The summed E-state index contributed by atoms with van der Waals surface area (Å²) in [6.45, 7) is 16.5. The van der Waals surface area contributed by atoms with Crippen LogP contribution in [0.1, 0.15) is 68.2 Å². The Labute approximate surface area is 229 Å². The Hall–Kier alpha value is 0.377. The largest absolute Gasteiger partial charge is 0.485 e. The van der Waals surface area contributed by atoms with Gasteiger partial charge in [-0.25, -0.2) is 0 Å². The summed E-state index contributed by atoms with van der Waals surface area (Å²) in [4.78, 5) is 0. The van der Waals surface area contributed by atoms with Crippen molar-refractivity contribution in [2.45, 2.75) is 91.6 Å². The number of halogens is 2. The van der Waals surface area contributed by atoms with E-state index in [0.29, 0.717) is 33.8 Å². The zero-order chi connectivity index (χ0) is 23.8. The van der Waals surface area contributed by atoms with E-state index in [2.05, 4.69) is 26.0 Å². The molecule has 180 valence electrons. The van der Waals surface area contributed by atoms with Gasteiger partial charge in [0.25, 0.3) is 0 Å². The smallest absolute Gasteiger partial charge is 0.146 e. The Morgan fingerprint density at radius 1 is 0.750 bits per heavy atom. The topological polar surface area (TPSA) is 36.9 Å². The number of hydrogen-bond donors (Lipinski definition) is 0. The van der Waals surface area contributed by atoms with Gasteiger partial charge in [-0.2, -0.15) is 0 Å². The molecule has 0 saturated heterocycles. The maximum atomic E-state index is 6.76. The molecular weight excluding hydrogens is 559 g/mol. The second-order valence-corrected chi connectivity index (χ2v) is 11.8. The molecule has 2 atom stereocenters. The molecule has 0 fully saturated rings. The molecule has 0 saturated carbocycles. The second-order valence-electron chi connectivity index (χ2n) is 9.90. The third kappa shape index (κ3) is 6.33. The molecule has 0 bridgehead atoms. The Morgan fingerprint density at radius 3 is 1.34 bits per heavy atom. The second kappa shape index (κ2) is 11.4. The SMILES string of the molecule is CC(O[SiH3])C(C)(C)OC1=CCC(Cl)=C1C(C)(C)C1=C(Cl)CC=C1OC(C)(C)C(C)O[SiH3].[Zr]. The van der Waals surface area contributed by atoms with Crippen molar-refractivity contribution in [1.82, 2.24) is 0 Å².